The van der Waals surface area contributed by atoms with Crippen LogP contribution in [0.1, 0.15) is 72.6 Å². The lowest BCUT2D eigenvalue weighted by atomic mass is 9.89. The Morgan fingerprint density at radius 1 is 1.05 bits per heavy atom. The Kier molecular flexibility index (Phi) is 7.11. The molecule has 2 aliphatic rings. The molecule has 1 amide bonds. The number of hydrogen-bond acceptors (Lipinski definition) is 4. The minimum Gasteiger partial charge on any atom is -0.346 e. The lowest BCUT2D eigenvalue weighted by Crippen LogP contribution is -2.41. The van der Waals surface area contributed by atoms with Crippen molar-refractivity contribution in [3.8, 4) is 11.3 Å². The maximum atomic E-state index is 13.5. The lowest BCUT2D eigenvalue weighted by molar-refractivity contribution is -0.135. The van der Waals surface area contributed by atoms with Crippen molar-refractivity contribution in [1.29, 1.82) is 0 Å². The number of rotatable bonds is 6. The molecule has 6 heteroatoms. The van der Waals surface area contributed by atoms with Crippen LogP contribution in [0.15, 0.2) is 48.8 Å². The summed E-state index contributed by atoms with van der Waals surface area (Å²) in [5, 5.41) is 1.28. The SMILES string of the molecule is Cc1cc(C)cc(-c2[nH]c3sc(C(C)(C)C(=O)N4CCCC4)cc3c2CN2CCC(c3cccnc3)CC2)c1. The van der Waals surface area contributed by atoms with Crippen LogP contribution in [0, 0.1) is 13.8 Å². The van der Waals surface area contributed by atoms with Crippen molar-refractivity contribution in [2.75, 3.05) is 26.2 Å². The highest BCUT2D eigenvalue weighted by atomic mass is 32.1. The molecule has 0 saturated carbocycles. The van der Waals surface area contributed by atoms with E-state index in [1.165, 1.54) is 43.7 Å². The molecule has 6 rings (SSSR count). The Morgan fingerprint density at radius 2 is 1.77 bits per heavy atom. The molecule has 1 aromatic carbocycles. The van der Waals surface area contributed by atoms with E-state index in [0.717, 1.165) is 63.3 Å². The summed E-state index contributed by atoms with van der Waals surface area (Å²) in [5.41, 5.74) is 7.26. The molecule has 0 atom stereocenters. The van der Waals surface area contributed by atoms with Crippen molar-refractivity contribution < 1.29 is 4.79 Å². The van der Waals surface area contributed by atoms with Crippen molar-refractivity contribution in [3.05, 3.63) is 75.9 Å². The van der Waals surface area contributed by atoms with Gasteiger partial charge in [0, 0.05) is 47.9 Å². The molecule has 0 aliphatic carbocycles. The molecule has 0 bridgehead atoms. The number of hydrogen-bond donors (Lipinski definition) is 1. The van der Waals surface area contributed by atoms with Crippen LogP contribution in [0.3, 0.4) is 0 Å². The molecule has 4 aromatic rings. The van der Waals surface area contributed by atoms with E-state index in [4.69, 9.17) is 0 Å². The lowest BCUT2D eigenvalue weighted by Gasteiger charge is -2.32. The number of likely N-dealkylation sites (tertiary alicyclic amines) is 2. The molecule has 39 heavy (non-hydrogen) atoms. The van der Waals surface area contributed by atoms with E-state index in [9.17, 15) is 4.79 Å². The predicted molar refractivity (Wildman–Crippen MR) is 161 cm³/mol. The highest BCUT2D eigenvalue weighted by Crippen LogP contribution is 2.42. The smallest absolute Gasteiger partial charge is 0.233 e. The molecule has 2 saturated heterocycles. The van der Waals surface area contributed by atoms with Gasteiger partial charge < -0.3 is 9.88 Å². The van der Waals surface area contributed by atoms with Gasteiger partial charge in [0.05, 0.1) is 11.1 Å². The summed E-state index contributed by atoms with van der Waals surface area (Å²) in [6, 6.07) is 13.4. The average molecular weight is 541 g/mol. The van der Waals surface area contributed by atoms with Gasteiger partial charge in [0.1, 0.15) is 4.83 Å². The summed E-state index contributed by atoms with van der Waals surface area (Å²) < 4.78 is 0. The average Bonchev–Trinajstić information content (AvgIpc) is 3.67. The van der Waals surface area contributed by atoms with E-state index in [2.05, 4.69) is 83.9 Å². The third-order valence-corrected chi connectivity index (χ3v) is 10.2. The van der Waals surface area contributed by atoms with Crippen LogP contribution in [0.4, 0.5) is 0 Å². The first-order valence-corrected chi connectivity index (χ1v) is 15.3. The normalized spacial score (nSPS) is 17.4. The number of aryl methyl sites for hydroxylation is 2. The zero-order valence-electron chi connectivity index (χ0n) is 23.7. The Balaban J connectivity index is 1.33. The van der Waals surface area contributed by atoms with Gasteiger partial charge in [-0.2, -0.15) is 0 Å². The number of piperidine rings is 1. The first kappa shape index (κ1) is 26.3. The monoisotopic (exact) mass is 540 g/mol. The van der Waals surface area contributed by atoms with Gasteiger partial charge in [-0.1, -0.05) is 23.3 Å². The molecule has 0 spiro atoms. The summed E-state index contributed by atoms with van der Waals surface area (Å²) in [6.07, 6.45) is 8.45. The molecule has 1 N–H and O–H groups in total. The van der Waals surface area contributed by atoms with Gasteiger partial charge >= 0.3 is 0 Å². The highest BCUT2D eigenvalue weighted by molar-refractivity contribution is 7.19. The third-order valence-electron chi connectivity index (χ3n) is 8.78. The number of fused-ring (bicyclic) bond motifs is 1. The molecule has 2 aliphatic heterocycles. The molecule has 0 unspecified atom stereocenters. The molecular formula is C33H40N4OS. The molecular weight excluding hydrogens is 500 g/mol. The third kappa shape index (κ3) is 5.17. The maximum Gasteiger partial charge on any atom is 0.233 e. The zero-order valence-corrected chi connectivity index (χ0v) is 24.5. The number of benzene rings is 1. The van der Waals surface area contributed by atoms with Gasteiger partial charge in [0.2, 0.25) is 5.91 Å². The van der Waals surface area contributed by atoms with Gasteiger partial charge in [-0.3, -0.25) is 14.7 Å². The summed E-state index contributed by atoms with van der Waals surface area (Å²) >= 11 is 1.76. The Hall–Kier alpha value is -2.96. The van der Waals surface area contributed by atoms with Crippen LogP contribution < -0.4 is 0 Å². The summed E-state index contributed by atoms with van der Waals surface area (Å²) in [4.78, 5) is 28.7. The summed E-state index contributed by atoms with van der Waals surface area (Å²) in [6.45, 7) is 13.4. The van der Waals surface area contributed by atoms with Crippen molar-refractivity contribution in [2.45, 2.75) is 71.3 Å². The first-order valence-electron chi connectivity index (χ1n) is 14.4. The maximum absolute atomic E-state index is 13.5. The van der Waals surface area contributed by atoms with Crippen LogP contribution in [-0.4, -0.2) is 51.9 Å². The van der Waals surface area contributed by atoms with E-state index < -0.39 is 5.41 Å². The number of carbonyl (C=O) groups excluding carboxylic acids is 1. The van der Waals surface area contributed by atoms with E-state index in [-0.39, 0.29) is 5.91 Å². The van der Waals surface area contributed by atoms with Crippen molar-refractivity contribution in [1.82, 2.24) is 19.8 Å². The number of nitrogens with zero attached hydrogens (tertiary/aromatic N) is 3. The van der Waals surface area contributed by atoms with E-state index >= 15 is 0 Å². The topological polar surface area (TPSA) is 52.2 Å². The number of pyridine rings is 1. The number of thiophene rings is 1. The van der Waals surface area contributed by atoms with Gasteiger partial charge in [-0.05, 0) is 108 Å². The van der Waals surface area contributed by atoms with Crippen LogP contribution >= 0.6 is 11.3 Å². The number of nitrogens with one attached hydrogen (secondary N) is 1. The second kappa shape index (κ2) is 10.5. The minimum absolute atomic E-state index is 0.262. The van der Waals surface area contributed by atoms with E-state index in [0.29, 0.717) is 5.92 Å². The second-order valence-corrected chi connectivity index (χ2v) is 13.2. The number of aromatic nitrogens is 2. The van der Waals surface area contributed by atoms with Crippen molar-refractivity contribution in [3.63, 3.8) is 0 Å². The number of carbonyl (C=O) groups is 1. The van der Waals surface area contributed by atoms with Gasteiger partial charge in [-0.15, -0.1) is 11.3 Å². The highest BCUT2D eigenvalue weighted by Gasteiger charge is 2.37. The standard InChI is InChI=1S/C33H40N4OS/c1-22-16-23(2)18-26(17-22)30-28(21-36-14-9-24(10-15-36)25-8-7-11-34-20-25)27-19-29(39-31(27)35-30)33(3,4)32(38)37-12-5-6-13-37/h7-8,11,16-20,24,35H,5-6,9-10,12-15,21H2,1-4H3. The van der Waals surface area contributed by atoms with Crippen LogP contribution in [-0.2, 0) is 16.8 Å². The van der Waals surface area contributed by atoms with E-state index in [1.807, 2.05) is 12.4 Å². The van der Waals surface area contributed by atoms with Crippen molar-refractivity contribution >= 4 is 27.5 Å². The first-order chi connectivity index (χ1) is 18.8. The predicted octanol–water partition coefficient (Wildman–Crippen LogP) is 7.19. The fourth-order valence-corrected chi connectivity index (χ4v) is 7.74. The molecule has 3 aromatic heterocycles. The Labute approximate surface area is 236 Å². The molecule has 204 valence electrons. The molecule has 0 radical (unpaired) electrons. The van der Waals surface area contributed by atoms with Crippen LogP contribution in [0.25, 0.3) is 21.5 Å². The van der Waals surface area contributed by atoms with Gasteiger partial charge in [0.15, 0.2) is 0 Å². The van der Waals surface area contributed by atoms with Crippen LogP contribution in [0.2, 0.25) is 0 Å². The number of H-pyrrole nitrogens is 1. The number of amides is 1. The van der Waals surface area contributed by atoms with E-state index in [1.54, 1.807) is 11.3 Å². The quantitative estimate of drug-likeness (QED) is 0.282. The van der Waals surface area contributed by atoms with Crippen molar-refractivity contribution in [2.24, 2.45) is 0 Å². The Morgan fingerprint density at radius 3 is 2.44 bits per heavy atom. The second-order valence-electron chi connectivity index (χ2n) is 12.2. The summed E-state index contributed by atoms with van der Waals surface area (Å²) in [7, 11) is 0. The van der Waals surface area contributed by atoms with Crippen LogP contribution in [0.5, 0.6) is 0 Å². The molecule has 5 nitrogen and oxygen atoms in total. The fourth-order valence-electron chi connectivity index (χ4n) is 6.56. The number of aromatic amines is 1. The van der Waals surface area contributed by atoms with Gasteiger partial charge in [0.25, 0.3) is 0 Å². The minimum atomic E-state index is -0.520. The molecule has 2 fully saturated rings. The summed E-state index contributed by atoms with van der Waals surface area (Å²) in [5.74, 6) is 0.850. The molecule has 5 heterocycles. The van der Waals surface area contributed by atoms with Gasteiger partial charge in [-0.25, -0.2) is 0 Å². The zero-order chi connectivity index (χ0) is 27.1. The Bertz CT molecular complexity index is 1450. The largest absolute Gasteiger partial charge is 0.346 e. The fraction of sp³-hybridized carbons (Fsp3) is 0.455.